The van der Waals surface area contributed by atoms with Gasteiger partial charge in [0.05, 0.1) is 26.0 Å². The first-order valence-corrected chi connectivity index (χ1v) is 11.0. The van der Waals surface area contributed by atoms with Gasteiger partial charge in [-0.15, -0.1) is 0 Å². The van der Waals surface area contributed by atoms with E-state index < -0.39 is 0 Å². The smallest absolute Gasteiger partial charge is 0.271 e. The molecule has 0 bridgehead atoms. The van der Waals surface area contributed by atoms with E-state index in [2.05, 4.69) is 30.4 Å². The molecule has 0 heterocycles. The molecule has 0 saturated heterocycles. The number of ether oxygens (including phenoxy) is 3. The standard InChI is InChI=1S/C27H30N2O4/c1-4-31-26-18-22(19-28-29-27(30)23-9-6-5-7-10-23)12-14-25(26)33-16-8-15-32-24-13-11-20(2)21(3)17-24/h5-7,9-14,17-19H,4,8,15-16H2,1-3H3,(H,29,30)/b28-19-. The van der Waals surface area contributed by atoms with Crippen LogP contribution in [-0.2, 0) is 0 Å². The molecule has 0 aliphatic heterocycles. The van der Waals surface area contributed by atoms with Crippen LogP contribution in [0.1, 0.15) is 40.4 Å². The Bertz CT molecular complexity index is 1080. The lowest BCUT2D eigenvalue weighted by Gasteiger charge is -2.13. The molecule has 0 spiro atoms. The molecule has 1 amide bonds. The van der Waals surface area contributed by atoms with Gasteiger partial charge in [-0.3, -0.25) is 4.79 Å². The Labute approximate surface area is 195 Å². The Balaban J connectivity index is 1.50. The van der Waals surface area contributed by atoms with Crippen molar-refractivity contribution in [3.63, 3.8) is 0 Å². The molecule has 172 valence electrons. The summed E-state index contributed by atoms with van der Waals surface area (Å²) in [5.41, 5.74) is 6.33. The second-order valence-electron chi connectivity index (χ2n) is 7.50. The lowest BCUT2D eigenvalue weighted by Crippen LogP contribution is -2.17. The fourth-order valence-electron chi connectivity index (χ4n) is 3.05. The average molecular weight is 447 g/mol. The highest BCUT2D eigenvalue weighted by Crippen LogP contribution is 2.28. The van der Waals surface area contributed by atoms with Crippen molar-refractivity contribution in [1.29, 1.82) is 0 Å². The van der Waals surface area contributed by atoms with Gasteiger partial charge in [0, 0.05) is 12.0 Å². The zero-order valence-electron chi connectivity index (χ0n) is 19.3. The van der Waals surface area contributed by atoms with Crippen LogP contribution in [0.2, 0.25) is 0 Å². The molecule has 0 aliphatic rings. The Morgan fingerprint density at radius 2 is 1.67 bits per heavy atom. The van der Waals surface area contributed by atoms with Gasteiger partial charge in [-0.2, -0.15) is 5.10 Å². The fourth-order valence-corrected chi connectivity index (χ4v) is 3.05. The van der Waals surface area contributed by atoms with E-state index in [1.54, 1.807) is 30.5 Å². The third kappa shape index (κ3) is 7.38. The van der Waals surface area contributed by atoms with Crippen LogP contribution < -0.4 is 19.6 Å². The van der Waals surface area contributed by atoms with Crippen LogP contribution in [0.3, 0.4) is 0 Å². The molecular formula is C27H30N2O4. The van der Waals surface area contributed by atoms with Crippen molar-refractivity contribution in [2.45, 2.75) is 27.2 Å². The van der Waals surface area contributed by atoms with E-state index in [1.165, 1.54) is 11.1 Å². The first-order valence-electron chi connectivity index (χ1n) is 11.0. The first kappa shape index (κ1) is 23.9. The maximum absolute atomic E-state index is 12.1. The average Bonchev–Trinajstić information content (AvgIpc) is 2.83. The molecule has 3 aromatic carbocycles. The summed E-state index contributed by atoms with van der Waals surface area (Å²) in [4.78, 5) is 12.1. The fraction of sp³-hybridized carbons (Fsp3) is 0.259. The molecule has 3 rings (SSSR count). The number of carbonyl (C=O) groups is 1. The van der Waals surface area contributed by atoms with Crippen molar-refractivity contribution >= 4 is 12.1 Å². The summed E-state index contributed by atoms with van der Waals surface area (Å²) in [6.45, 7) is 7.66. The predicted octanol–water partition coefficient (Wildman–Crippen LogP) is 5.31. The molecule has 6 nitrogen and oxygen atoms in total. The van der Waals surface area contributed by atoms with Crippen molar-refractivity contribution in [3.8, 4) is 17.2 Å². The third-order valence-electron chi connectivity index (χ3n) is 4.98. The summed E-state index contributed by atoms with van der Waals surface area (Å²) in [7, 11) is 0. The summed E-state index contributed by atoms with van der Waals surface area (Å²) in [5, 5.41) is 4.04. The minimum absolute atomic E-state index is 0.264. The van der Waals surface area contributed by atoms with Crippen LogP contribution in [0, 0.1) is 13.8 Å². The SMILES string of the molecule is CCOc1cc(/C=N\NC(=O)c2ccccc2)ccc1OCCCOc1ccc(C)c(C)c1. The molecule has 0 unspecified atom stereocenters. The number of benzene rings is 3. The maximum Gasteiger partial charge on any atom is 0.271 e. The number of aryl methyl sites for hydroxylation is 2. The molecular weight excluding hydrogens is 416 g/mol. The molecule has 0 radical (unpaired) electrons. The lowest BCUT2D eigenvalue weighted by molar-refractivity contribution is 0.0955. The van der Waals surface area contributed by atoms with Gasteiger partial charge in [-0.1, -0.05) is 24.3 Å². The number of hydrogen-bond acceptors (Lipinski definition) is 5. The Hall–Kier alpha value is -3.80. The normalized spacial score (nSPS) is 10.8. The number of hydrogen-bond donors (Lipinski definition) is 1. The molecule has 0 aliphatic carbocycles. The van der Waals surface area contributed by atoms with Crippen molar-refractivity contribution in [2.75, 3.05) is 19.8 Å². The quantitative estimate of drug-likeness (QED) is 0.246. The number of hydrazone groups is 1. The highest BCUT2D eigenvalue weighted by atomic mass is 16.5. The second kappa shape index (κ2) is 12.3. The van der Waals surface area contributed by atoms with Crippen molar-refractivity contribution in [1.82, 2.24) is 5.43 Å². The topological polar surface area (TPSA) is 69.2 Å². The summed E-state index contributed by atoms with van der Waals surface area (Å²) in [5.74, 6) is 1.90. The van der Waals surface area contributed by atoms with E-state index in [0.29, 0.717) is 36.9 Å². The summed E-state index contributed by atoms with van der Waals surface area (Å²) in [6.07, 6.45) is 2.32. The van der Waals surface area contributed by atoms with Crippen LogP contribution in [-0.4, -0.2) is 31.9 Å². The minimum Gasteiger partial charge on any atom is -0.493 e. The van der Waals surface area contributed by atoms with Gasteiger partial charge >= 0.3 is 0 Å². The van der Waals surface area contributed by atoms with E-state index in [-0.39, 0.29) is 5.91 Å². The van der Waals surface area contributed by atoms with Crippen LogP contribution >= 0.6 is 0 Å². The van der Waals surface area contributed by atoms with E-state index in [1.807, 2.05) is 43.3 Å². The van der Waals surface area contributed by atoms with Gasteiger partial charge in [0.15, 0.2) is 11.5 Å². The molecule has 3 aromatic rings. The maximum atomic E-state index is 12.1. The minimum atomic E-state index is -0.264. The zero-order valence-corrected chi connectivity index (χ0v) is 19.3. The molecule has 0 atom stereocenters. The van der Waals surface area contributed by atoms with E-state index >= 15 is 0 Å². The van der Waals surface area contributed by atoms with Crippen LogP contribution in [0.15, 0.2) is 71.8 Å². The van der Waals surface area contributed by atoms with Crippen molar-refractivity contribution in [2.24, 2.45) is 5.10 Å². The Kier molecular flexibility index (Phi) is 8.88. The first-order chi connectivity index (χ1) is 16.1. The summed E-state index contributed by atoms with van der Waals surface area (Å²) < 4.78 is 17.4. The van der Waals surface area contributed by atoms with Gasteiger partial charge in [0.2, 0.25) is 0 Å². The van der Waals surface area contributed by atoms with Crippen LogP contribution in [0.25, 0.3) is 0 Å². The zero-order chi connectivity index (χ0) is 23.5. The Morgan fingerprint density at radius 3 is 2.42 bits per heavy atom. The van der Waals surface area contributed by atoms with E-state index in [0.717, 1.165) is 17.7 Å². The molecule has 33 heavy (non-hydrogen) atoms. The summed E-state index contributed by atoms with van der Waals surface area (Å²) in [6, 6.07) is 20.6. The predicted molar refractivity (Wildman–Crippen MR) is 131 cm³/mol. The number of amides is 1. The van der Waals surface area contributed by atoms with E-state index in [4.69, 9.17) is 14.2 Å². The number of rotatable bonds is 11. The number of nitrogens with zero attached hydrogens (tertiary/aromatic N) is 1. The van der Waals surface area contributed by atoms with Crippen molar-refractivity contribution < 1.29 is 19.0 Å². The van der Waals surface area contributed by atoms with Crippen molar-refractivity contribution in [3.05, 3.63) is 89.0 Å². The highest BCUT2D eigenvalue weighted by molar-refractivity contribution is 5.94. The Morgan fingerprint density at radius 1 is 0.879 bits per heavy atom. The number of carbonyl (C=O) groups excluding carboxylic acids is 1. The van der Waals surface area contributed by atoms with Crippen LogP contribution in [0.4, 0.5) is 0 Å². The molecule has 0 fully saturated rings. The highest BCUT2D eigenvalue weighted by Gasteiger charge is 2.07. The van der Waals surface area contributed by atoms with E-state index in [9.17, 15) is 4.79 Å². The molecule has 1 N–H and O–H groups in total. The third-order valence-corrected chi connectivity index (χ3v) is 4.98. The monoisotopic (exact) mass is 446 g/mol. The van der Waals surface area contributed by atoms with Gasteiger partial charge in [0.25, 0.3) is 5.91 Å². The lowest BCUT2D eigenvalue weighted by atomic mass is 10.1. The van der Waals surface area contributed by atoms with Gasteiger partial charge in [0.1, 0.15) is 5.75 Å². The molecule has 0 aromatic heterocycles. The largest absolute Gasteiger partial charge is 0.493 e. The van der Waals surface area contributed by atoms with Gasteiger partial charge < -0.3 is 14.2 Å². The second-order valence-corrected chi connectivity index (χ2v) is 7.50. The van der Waals surface area contributed by atoms with Gasteiger partial charge in [-0.25, -0.2) is 5.43 Å². The molecule has 0 saturated carbocycles. The van der Waals surface area contributed by atoms with Crippen LogP contribution in [0.5, 0.6) is 17.2 Å². The molecule has 6 heteroatoms. The summed E-state index contributed by atoms with van der Waals surface area (Å²) >= 11 is 0. The number of nitrogens with one attached hydrogen (secondary N) is 1. The van der Waals surface area contributed by atoms with Gasteiger partial charge in [-0.05, 0) is 79.9 Å².